The third-order valence-corrected chi connectivity index (χ3v) is 5.55. The van der Waals surface area contributed by atoms with Crippen molar-refractivity contribution in [1.82, 2.24) is 0 Å². The van der Waals surface area contributed by atoms with Crippen molar-refractivity contribution in [2.24, 2.45) is 0 Å². The Hall–Kier alpha value is -2.63. The van der Waals surface area contributed by atoms with Crippen molar-refractivity contribution in [3.05, 3.63) is 84.4 Å². The number of hydrogen-bond donors (Lipinski definition) is 0. The molecule has 3 aromatic rings. The van der Waals surface area contributed by atoms with Crippen LogP contribution in [0.4, 0.5) is 5.69 Å². The SMILES string of the molecule is CON(c1ccc(-c2ccccc2)cc1)S(=O)(=O)c1ccc(C)cc1. The fourth-order valence-corrected chi connectivity index (χ4v) is 3.82. The van der Waals surface area contributed by atoms with Crippen molar-refractivity contribution < 1.29 is 13.3 Å². The number of anilines is 1. The van der Waals surface area contributed by atoms with Gasteiger partial charge in [0.05, 0.1) is 17.7 Å². The first-order valence-electron chi connectivity index (χ1n) is 7.84. The van der Waals surface area contributed by atoms with E-state index in [0.29, 0.717) is 5.69 Å². The number of benzene rings is 3. The summed E-state index contributed by atoms with van der Waals surface area (Å²) >= 11 is 0. The third kappa shape index (κ3) is 3.57. The maximum atomic E-state index is 12.8. The van der Waals surface area contributed by atoms with Gasteiger partial charge in [0.2, 0.25) is 0 Å². The molecule has 0 radical (unpaired) electrons. The van der Waals surface area contributed by atoms with Crippen LogP contribution < -0.4 is 4.47 Å². The largest absolute Gasteiger partial charge is 0.286 e. The first kappa shape index (κ1) is 17.2. The molecule has 0 heterocycles. The molecule has 0 N–H and O–H groups in total. The zero-order chi connectivity index (χ0) is 17.9. The van der Waals surface area contributed by atoms with E-state index >= 15 is 0 Å². The fraction of sp³-hybridized carbons (Fsp3) is 0.100. The lowest BCUT2D eigenvalue weighted by Crippen LogP contribution is -2.29. The summed E-state index contributed by atoms with van der Waals surface area (Å²) in [7, 11) is -2.44. The van der Waals surface area contributed by atoms with Crippen LogP contribution in [0.15, 0.2) is 83.8 Å². The van der Waals surface area contributed by atoms with Crippen molar-refractivity contribution in [1.29, 1.82) is 0 Å². The molecule has 0 aliphatic heterocycles. The van der Waals surface area contributed by atoms with E-state index in [-0.39, 0.29) is 4.90 Å². The van der Waals surface area contributed by atoms with Gasteiger partial charge in [-0.15, -0.1) is 4.47 Å². The van der Waals surface area contributed by atoms with E-state index in [0.717, 1.165) is 21.2 Å². The smallest absolute Gasteiger partial charge is 0.262 e. The zero-order valence-corrected chi connectivity index (χ0v) is 14.9. The van der Waals surface area contributed by atoms with Crippen LogP contribution in [-0.4, -0.2) is 15.5 Å². The van der Waals surface area contributed by atoms with Gasteiger partial charge in [-0.05, 0) is 42.3 Å². The summed E-state index contributed by atoms with van der Waals surface area (Å²) in [5.41, 5.74) is 3.52. The first-order valence-corrected chi connectivity index (χ1v) is 9.28. The summed E-state index contributed by atoms with van der Waals surface area (Å²) in [6.07, 6.45) is 0. The standard InChI is InChI=1S/C20H19NO3S/c1-16-8-14-20(15-9-16)25(22,23)21(24-2)19-12-10-18(11-13-19)17-6-4-3-5-7-17/h3-15H,1-2H3. The van der Waals surface area contributed by atoms with Crippen molar-refractivity contribution >= 4 is 15.7 Å². The molecule has 4 nitrogen and oxygen atoms in total. The minimum absolute atomic E-state index is 0.187. The second kappa shape index (κ2) is 7.09. The summed E-state index contributed by atoms with van der Waals surface area (Å²) < 4.78 is 26.6. The highest BCUT2D eigenvalue weighted by Gasteiger charge is 2.25. The van der Waals surface area contributed by atoms with Crippen LogP contribution in [0.1, 0.15) is 5.56 Å². The Balaban J connectivity index is 1.94. The number of nitrogens with zero attached hydrogens (tertiary/aromatic N) is 1. The molecule has 0 bridgehead atoms. The summed E-state index contributed by atoms with van der Waals surface area (Å²) in [5, 5.41) is 0. The van der Waals surface area contributed by atoms with Gasteiger partial charge < -0.3 is 0 Å². The van der Waals surface area contributed by atoms with E-state index in [2.05, 4.69) is 0 Å². The molecule has 3 aromatic carbocycles. The molecule has 0 aliphatic rings. The molecule has 0 atom stereocenters. The third-order valence-electron chi connectivity index (χ3n) is 3.89. The van der Waals surface area contributed by atoms with Gasteiger partial charge in [-0.1, -0.05) is 60.2 Å². The van der Waals surface area contributed by atoms with Gasteiger partial charge in [0.25, 0.3) is 10.0 Å². The van der Waals surface area contributed by atoms with E-state index in [1.54, 1.807) is 36.4 Å². The quantitative estimate of drug-likeness (QED) is 0.638. The predicted molar refractivity (Wildman–Crippen MR) is 99.7 cm³/mol. The molecule has 3 rings (SSSR count). The molecule has 25 heavy (non-hydrogen) atoms. The van der Waals surface area contributed by atoms with Gasteiger partial charge in [0.15, 0.2) is 0 Å². The molecule has 0 spiro atoms. The average Bonchev–Trinajstić information content (AvgIpc) is 2.64. The molecule has 5 heteroatoms. The van der Waals surface area contributed by atoms with Gasteiger partial charge in [-0.2, -0.15) is 8.42 Å². The van der Waals surface area contributed by atoms with E-state index in [4.69, 9.17) is 4.84 Å². The summed E-state index contributed by atoms with van der Waals surface area (Å²) in [4.78, 5) is 5.36. The van der Waals surface area contributed by atoms with E-state index in [1.807, 2.05) is 49.4 Å². The lowest BCUT2D eigenvalue weighted by molar-refractivity contribution is 0.216. The predicted octanol–water partition coefficient (Wildman–Crippen LogP) is 4.42. The van der Waals surface area contributed by atoms with Gasteiger partial charge >= 0.3 is 0 Å². The van der Waals surface area contributed by atoms with E-state index in [9.17, 15) is 8.42 Å². The van der Waals surface area contributed by atoms with Crippen LogP contribution in [0, 0.1) is 6.92 Å². The second-order valence-electron chi connectivity index (χ2n) is 5.64. The van der Waals surface area contributed by atoms with Gasteiger partial charge in [-0.25, -0.2) is 0 Å². The summed E-state index contributed by atoms with van der Waals surface area (Å²) in [5.74, 6) is 0. The van der Waals surface area contributed by atoms with Crippen molar-refractivity contribution in [2.75, 3.05) is 11.6 Å². The Morgan fingerprint density at radius 2 is 1.32 bits per heavy atom. The van der Waals surface area contributed by atoms with Crippen LogP contribution >= 0.6 is 0 Å². The van der Waals surface area contributed by atoms with Crippen LogP contribution in [0.2, 0.25) is 0 Å². The Morgan fingerprint density at radius 3 is 1.88 bits per heavy atom. The zero-order valence-electron chi connectivity index (χ0n) is 14.1. The van der Waals surface area contributed by atoms with Gasteiger partial charge in [-0.3, -0.25) is 4.84 Å². The molecular weight excluding hydrogens is 334 g/mol. The van der Waals surface area contributed by atoms with E-state index < -0.39 is 10.0 Å². The monoisotopic (exact) mass is 353 g/mol. The van der Waals surface area contributed by atoms with Gasteiger partial charge in [0.1, 0.15) is 0 Å². The van der Waals surface area contributed by atoms with Crippen molar-refractivity contribution in [2.45, 2.75) is 11.8 Å². The molecule has 0 saturated heterocycles. The lowest BCUT2D eigenvalue weighted by atomic mass is 10.1. The van der Waals surface area contributed by atoms with Crippen LogP contribution in [0.25, 0.3) is 11.1 Å². The minimum atomic E-state index is -3.79. The normalized spacial score (nSPS) is 11.3. The highest BCUT2D eigenvalue weighted by Crippen LogP contribution is 2.27. The maximum Gasteiger partial charge on any atom is 0.286 e. The fourth-order valence-electron chi connectivity index (χ4n) is 2.55. The second-order valence-corrected chi connectivity index (χ2v) is 7.39. The Labute approximate surface area is 148 Å². The minimum Gasteiger partial charge on any atom is -0.262 e. The average molecular weight is 353 g/mol. The molecule has 0 aliphatic carbocycles. The summed E-state index contributed by atoms with van der Waals surface area (Å²) in [6.45, 7) is 1.91. The van der Waals surface area contributed by atoms with Crippen molar-refractivity contribution in [3.63, 3.8) is 0 Å². The molecule has 0 amide bonds. The Morgan fingerprint density at radius 1 is 0.760 bits per heavy atom. The van der Waals surface area contributed by atoms with Crippen molar-refractivity contribution in [3.8, 4) is 11.1 Å². The highest BCUT2D eigenvalue weighted by molar-refractivity contribution is 7.92. The highest BCUT2D eigenvalue weighted by atomic mass is 32.2. The van der Waals surface area contributed by atoms with Crippen LogP contribution in [0.5, 0.6) is 0 Å². The molecule has 0 aromatic heterocycles. The summed E-state index contributed by atoms with van der Waals surface area (Å²) in [6, 6.07) is 23.8. The van der Waals surface area contributed by atoms with Crippen LogP contribution in [-0.2, 0) is 14.9 Å². The number of hydrogen-bond acceptors (Lipinski definition) is 3. The van der Waals surface area contributed by atoms with E-state index in [1.165, 1.54) is 7.11 Å². The number of aryl methyl sites for hydroxylation is 1. The maximum absolute atomic E-state index is 12.8. The molecular formula is C20H19NO3S. The number of sulfonamides is 1. The lowest BCUT2D eigenvalue weighted by Gasteiger charge is -2.21. The Kier molecular flexibility index (Phi) is 4.88. The molecule has 0 unspecified atom stereocenters. The van der Waals surface area contributed by atoms with Crippen LogP contribution in [0.3, 0.4) is 0 Å². The molecule has 0 saturated carbocycles. The first-order chi connectivity index (χ1) is 12.0. The molecule has 0 fully saturated rings. The van der Waals surface area contributed by atoms with Gasteiger partial charge in [0, 0.05) is 0 Å². The Bertz CT molecular complexity index is 934. The number of rotatable bonds is 5. The molecule has 128 valence electrons. The topological polar surface area (TPSA) is 46.6 Å².